The minimum atomic E-state index is -1.00. The molecule has 1 aromatic carbocycles. The van der Waals surface area contributed by atoms with Gasteiger partial charge in [0.1, 0.15) is 6.61 Å². The zero-order valence-electron chi connectivity index (χ0n) is 12.1. The third-order valence-corrected chi connectivity index (χ3v) is 3.94. The van der Waals surface area contributed by atoms with Crippen LogP contribution in [0.2, 0.25) is 0 Å². The van der Waals surface area contributed by atoms with Crippen molar-refractivity contribution in [3.8, 4) is 0 Å². The average Bonchev–Trinajstić information content (AvgIpc) is 3.00. The van der Waals surface area contributed by atoms with E-state index in [-0.39, 0.29) is 13.0 Å². The molecule has 1 amide bonds. The van der Waals surface area contributed by atoms with Crippen LogP contribution in [0.5, 0.6) is 0 Å². The number of carboxylic acids is 1. The van der Waals surface area contributed by atoms with E-state index in [2.05, 4.69) is 5.32 Å². The maximum atomic E-state index is 12.0. The summed E-state index contributed by atoms with van der Waals surface area (Å²) in [5.41, 5.74) is 0.615. The second kappa shape index (κ2) is 7.09. The number of alkyl carbamates (subject to hydrolysis) is 1. The van der Waals surface area contributed by atoms with E-state index < -0.39 is 17.6 Å². The summed E-state index contributed by atoms with van der Waals surface area (Å²) in [7, 11) is 0. The monoisotopic (exact) mass is 319 g/mol. The first kappa shape index (κ1) is 16.0. The third-order valence-electron chi connectivity index (χ3n) is 3.25. The van der Waals surface area contributed by atoms with Crippen molar-refractivity contribution in [1.82, 2.24) is 5.32 Å². The van der Waals surface area contributed by atoms with Crippen molar-refractivity contribution in [2.24, 2.45) is 0 Å². The smallest absolute Gasteiger partial charge is 0.408 e. The summed E-state index contributed by atoms with van der Waals surface area (Å²) in [5, 5.41) is 15.4. The highest BCUT2D eigenvalue weighted by Gasteiger charge is 2.32. The zero-order valence-corrected chi connectivity index (χ0v) is 12.9. The van der Waals surface area contributed by atoms with Crippen molar-refractivity contribution in [1.29, 1.82) is 0 Å². The molecule has 116 valence electrons. The van der Waals surface area contributed by atoms with Gasteiger partial charge in [-0.15, -0.1) is 0 Å². The van der Waals surface area contributed by atoms with Crippen LogP contribution in [0.15, 0.2) is 47.2 Å². The molecule has 1 heterocycles. The Morgan fingerprint density at radius 2 is 2.00 bits per heavy atom. The molecule has 0 saturated heterocycles. The van der Waals surface area contributed by atoms with Crippen LogP contribution in [0.25, 0.3) is 0 Å². The van der Waals surface area contributed by atoms with Gasteiger partial charge in [-0.3, -0.25) is 4.79 Å². The van der Waals surface area contributed by atoms with Crippen LogP contribution in [0, 0.1) is 0 Å². The maximum Gasteiger partial charge on any atom is 0.408 e. The van der Waals surface area contributed by atoms with Crippen molar-refractivity contribution in [2.75, 3.05) is 0 Å². The van der Waals surface area contributed by atoms with E-state index in [1.54, 1.807) is 13.0 Å². The summed E-state index contributed by atoms with van der Waals surface area (Å²) in [6.07, 6.45) is -0.858. The second-order valence-corrected chi connectivity index (χ2v) is 5.88. The Balaban J connectivity index is 2.01. The summed E-state index contributed by atoms with van der Waals surface area (Å²) in [6.45, 7) is 1.81. The fraction of sp³-hybridized carbons (Fsp3) is 0.250. The molecule has 22 heavy (non-hydrogen) atoms. The minimum Gasteiger partial charge on any atom is -0.481 e. The van der Waals surface area contributed by atoms with Crippen molar-refractivity contribution >= 4 is 23.4 Å². The number of hydrogen-bond donors (Lipinski definition) is 2. The van der Waals surface area contributed by atoms with Crippen LogP contribution in [-0.2, 0) is 21.7 Å². The van der Waals surface area contributed by atoms with E-state index in [0.29, 0.717) is 0 Å². The largest absolute Gasteiger partial charge is 0.481 e. The highest BCUT2D eigenvalue weighted by molar-refractivity contribution is 7.08. The molecule has 6 heteroatoms. The molecule has 0 aliphatic rings. The molecule has 0 aliphatic carbocycles. The average molecular weight is 319 g/mol. The molecule has 2 rings (SSSR count). The van der Waals surface area contributed by atoms with E-state index in [0.717, 1.165) is 11.1 Å². The molecule has 0 radical (unpaired) electrons. The van der Waals surface area contributed by atoms with Gasteiger partial charge >= 0.3 is 12.1 Å². The highest BCUT2D eigenvalue weighted by Crippen LogP contribution is 2.27. The van der Waals surface area contributed by atoms with Gasteiger partial charge < -0.3 is 15.2 Å². The first-order chi connectivity index (χ1) is 10.5. The Labute approximate surface area is 132 Å². The molecule has 1 atom stereocenters. The first-order valence-electron chi connectivity index (χ1n) is 6.73. The van der Waals surface area contributed by atoms with Crippen LogP contribution in [0.1, 0.15) is 24.5 Å². The minimum absolute atomic E-state index is 0.138. The van der Waals surface area contributed by atoms with Gasteiger partial charge in [-0.25, -0.2) is 4.79 Å². The lowest BCUT2D eigenvalue weighted by Gasteiger charge is -2.28. The number of rotatable bonds is 6. The Bertz CT molecular complexity index is 627. The molecule has 0 spiro atoms. The Morgan fingerprint density at radius 1 is 1.27 bits per heavy atom. The SMILES string of the molecule is CC(CC(=O)O)(NC(=O)OCc1ccccc1)c1ccsc1. The molecular formula is C16H17NO4S. The quantitative estimate of drug-likeness (QED) is 0.856. The van der Waals surface area contributed by atoms with Crippen LogP contribution in [-0.4, -0.2) is 17.2 Å². The Morgan fingerprint density at radius 3 is 2.59 bits per heavy atom. The van der Waals surface area contributed by atoms with Gasteiger partial charge in [-0.05, 0) is 34.9 Å². The van der Waals surface area contributed by atoms with Gasteiger partial charge in [0.05, 0.1) is 12.0 Å². The fourth-order valence-electron chi connectivity index (χ4n) is 2.08. The van der Waals surface area contributed by atoms with E-state index in [1.807, 2.05) is 41.1 Å². The lowest BCUT2D eigenvalue weighted by molar-refractivity contribution is -0.138. The number of thiophene rings is 1. The molecular weight excluding hydrogens is 302 g/mol. The molecule has 2 aromatic rings. The number of carboxylic acid groups (broad SMARTS) is 1. The van der Waals surface area contributed by atoms with E-state index >= 15 is 0 Å². The number of amides is 1. The predicted octanol–water partition coefficient (Wildman–Crippen LogP) is 3.36. The normalized spacial score (nSPS) is 13.1. The lowest BCUT2D eigenvalue weighted by atomic mass is 9.91. The Hall–Kier alpha value is -2.34. The number of carbonyl (C=O) groups is 2. The number of hydrogen-bond acceptors (Lipinski definition) is 4. The molecule has 1 aromatic heterocycles. The summed E-state index contributed by atoms with van der Waals surface area (Å²) in [4.78, 5) is 23.1. The highest BCUT2D eigenvalue weighted by atomic mass is 32.1. The topological polar surface area (TPSA) is 75.6 Å². The summed E-state index contributed by atoms with van der Waals surface area (Å²) >= 11 is 1.45. The second-order valence-electron chi connectivity index (χ2n) is 5.10. The molecule has 0 bridgehead atoms. The summed E-state index contributed by atoms with van der Waals surface area (Å²) in [6, 6.07) is 11.1. The lowest BCUT2D eigenvalue weighted by Crippen LogP contribution is -2.45. The van der Waals surface area contributed by atoms with Gasteiger partial charge in [0.2, 0.25) is 0 Å². The molecule has 1 unspecified atom stereocenters. The number of aliphatic carboxylic acids is 1. The van der Waals surface area contributed by atoms with Crippen molar-refractivity contribution in [2.45, 2.75) is 25.5 Å². The number of nitrogens with one attached hydrogen (secondary N) is 1. The van der Waals surface area contributed by atoms with Gasteiger partial charge in [-0.1, -0.05) is 30.3 Å². The maximum absolute atomic E-state index is 12.0. The zero-order chi connectivity index (χ0) is 16.0. The summed E-state index contributed by atoms with van der Waals surface area (Å²) in [5.74, 6) is -0.989. The standard InChI is InChI=1S/C16H17NO4S/c1-16(9-14(18)19,13-7-8-22-11-13)17-15(20)21-10-12-5-3-2-4-6-12/h2-8,11H,9-10H2,1H3,(H,17,20)(H,18,19). The van der Waals surface area contributed by atoms with Crippen molar-refractivity contribution in [3.63, 3.8) is 0 Å². The van der Waals surface area contributed by atoms with Crippen LogP contribution in [0.4, 0.5) is 4.79 Å². The molecule has 5 nitrogen and oxygen atoms in total. The van der Waals surface area contributed by atoms with Gasteiger partial charge in [-0.2, -0.15) is 11.3 Å². The first-order valence-corrected chi connectivity index (χ1v) is 7.67. The number of ether oxygens (including phenoxy) is 1. The molecule has 0 fully saturated rings. The van der Waals surface area contributed by atoms with Crippen LogP contribution >= 0.6 is 11.3 Å². The van der Waals surface area contributed by atoms with Crippen molar-refractivity contribution < 1.29 is 19.4 Å². The van der Waals surface area contributed by atoms with Crippen LogP contribution < -0.4 is 5.32 Å². The molecule has 0 saturated carbocycles. The van der Waals surface area contributed by atoms with Crippen LogP contribution in [0.3, 0.4) is 0 Å². The Kier molecular flexibility index (Phi) is 5.16. The predicted molar refractivity (Wildman–Crippen MR) is 83.7 cm³/mol. The van der Waals surface area contributed by atoms with Gasteiger partial charge in [0, 0.05) is 0 Å². The number of carbonyl (C=O) groups excluding carboxylic acids is 1. The van der Waals surface area contributed by atoms with E-state index in [1.165, 1.54) is 11.3 Å². The van der Waals surface area contributed by atoms with Gasteiger partial charge in [0.25, 0.3) is 0 Å². The van der Waals surface area contributed by atoms with Gasteiger partial charge in [0.15, 0.2) is 0 Å². The molecule has 0 aliphatic heterocycles. The fourth-order valence-corrected chi connectivity index (χ4v) is 2.87. The summed E-state index contributed by atoms with van der Waals surface area (Å²) < 4.78 is 5.16. The molecule has 2 N–H and O–H groups in total. The van der Waals surface area contributed by atoms with E-state index in [9.17, 15) is 9.59 Å². The van der Waals surface area contributed by atoms with Crippen molar-refractivity contribution in [3.05, 3.63) is 58.3 Å². The third kappa shape index (κ3) is 4.33. The number of benzene rings is 1. The van der Waals surface area contributed by atoms with E-state index in [4.69, 9.17) is 9.84 Å².